The van der Waals surface area contributed by atoms with Crippen LogP contribution in [-0.2, 0) is 0 Å². The molecule has 33 heavy (non-hydrogen) atoms. The van der Waals surface area contributed by atoms with Crippen molar-refractivity contribution in [3.05, 3.63) is 82.2 Å². The van der Waals surface area contributed by atoms with Gasteiger partial charge in [-0.2, -0.15) is 0 Å². The van der Waals surface area contributed by atoms with Crippen LogP contribution < -0.4 is 20.7 Å². The molecule has 1 aromatic heterocycles. The highest BCUT2D eigenvalue weighted by Crippen LogP contribution is 2.32. The van der Waals surface area contributed by atoms with Crippen LogP contribution in [0.15, 0.2) is 54.9 Å². The second-order valence-electron chi connectivity index (χ2n) is 7.16. The maximum Gasteiger partial charge on any atom is 0.355 e. The highest BCUT2D eigenvalue weighted by Gasteiger charge is 2.30. The second kappa shape index (κ2) is 9.42. The molecule has 12 heteroatoms. The average Bonchev–Trinajstić information content (AvgIpc) is 2.83. The molecule has 1 amide bonds. The van der Waals surface area contributed by atoms with Gasteiger partial charge < -0.3 is 9.80 Å². The molecule has 10 nitrogen and oxygen atoms in total. The Morgan fingerprint density at radius 1 is 0.970 bits per heavy atom. The van der Waals surface area contributed by atoms with Gasteiger partial charge in [-0.15, -0.1) is 0 Å². The van der Waals surface area contributed by atoms with E-state index in [-0.39, 0.29) is 23.0 Å². The van der Waals surface area contributed by atoms with Crippen LogP contribution >= 0.6 is 0 Å². The van der Waals surface area contributed by atoms with Crippen molar-refractivity contribution in [2.75, 3.05) is 41.4 Å². The normalized spacial score (nSPS) is 13.5. The number of benzene rings is 2. The van der Waals surface area contributed by atoms with Crippen molar-refractivity contribution in [1.29, 1.82) is 0 Å². The van der Waals surface area contributed by atoms with Gasteiger partial charge in [-0.3, -0.25) is 25.8 Å². The Morgan fingerprint density at radius 3 is 2.30 bits per heavy atom. The Balaban J connectivity index is 1.49. The fourth-order valence-corrected chi connectivity index (χ4v) is 3.52. The van der Waals surface area contributed by atoms with Crippen LogP contribution in [0.3, 0.4) is 0 Å². The molecule has 2 heterocycles. The van der Waals surface area contributed by atoms with Gasteiger partial charge >= 0.3 is 5.69 Å². The van der Waals surface area contributed by atoms with E-state index < -0.39 is 22.3 Å². The number of aromatic nitrogens is 2. The number of halogens is 2. The molecule has 0 bridgehead atoms. The van der Waals surface area contributed by atoms with Crippen LogP contribution in [0.1, 0.15) is 10.4 Å². The lowest BCUT2D eigenvalue weighted by molar-refractivity contribution is -0.383. The van der Waals surface area contributed by atoms with E-state index in [9.17, 15) is 23.7 Å². The minimum absolute atomic E-state index is 0.0849. The predicted molar refractivity (Wildman–Crippen MR) is 117 cm³/mol. The standard InChI is InChI=1S/C21H19F2N7O3/c22-15-7-5-14(6-8-15)21(31)27-26-19-18(30(32)33)20(25-13-24-19)29-11-9-28(10-12-29)17-4-2-1-3-16(17)23/h1-8,13H,9-12H2,(H,27,31)(H,24,25,26). The second-order valence-corrected chi connectivity index (χ2v) is 7.16. The van der Waals surface area contributed by atoms with Gasteiger partial charge in [0.05, 0.1) is 10.6 Å². The van der Waals surface area contributed by atoms with Gasteiger partial charge in [0.2, 0.25) is 11.6 Å². The van der Waals surface area contributed by atoms with E-state index in [1.54, 1.807) is 23.1 Å². The van der Waals surface area contributed by atoms with E-state index in [1.807, 2.05) is 4.90 Å². The third-order valence-electron chi connectivity index (χ3n) is 5.16. The smallest absolute Gasteiger partial charge is 0.355 e. The summed E-state index contributed by atoms with van der Waals surface area (Å²) in [5, 5.41) is 11.8. The van der Waals surface area contributed by atoms with E-state index in [0.29, 0.717) is 31.9 Å². The summed E-state index contributed by atoms with van der Waals surface area (Å²) in [6.45, 7) is 1.61. The van der Waals surface area contributed by atoms with Gasteiger partial charge in [0.1, 0.15) is 18.0 Å². The zero-order chi connectivity index (χ0) is 23.4. The van der Waals surface area contributed by atoms with Gasteiger partial charge in [-0.05, 0) is 36.4 Å². The van der Waals surface area contributed by atoms with Crippen LogP contribution in [0.2, 0.25) is 0 Å². The molecule has 0 unspecified atom stereocenters. The first kappa shape index (κ1) is 21.9. The molecule has 1 aliphatic heterocycles. The molecule has 1 aliphatic rings. The Kier molecular flexibility index (Phi) is 6.24. The van der Waals surface area contributed by atoms with Gasteiger partial charge in [-0.1, -0.05) is 12.1 Å². The fraction of sp³-hybridized carbons (Fsp3) is 0.190. The molecule has 0 atom stereocenters. The van der Waals surface area contributed by atoms with Crippen molar-refractivity contribution in [3.63, 3.8) is 0 Å². The molecule has 1 fully saturated rings. The van der Waals surface area contributed by atoms with E-state index >= 15 is 0 Å². The summed E-state index contributed by atoms with van der Waals surface area (Å²) in [5.74, 6) is -1.56. The van der Waals surface area contributed by atoms with Crippen LogP contribution in [0.5, 0.6) is 0 Å². The molecule has 4 rings (SSSR count). The van der Waals surface area contributed by atoms with Crippen LogP contribution in [-0.4, -0.2) is 47.0 Å². The number of nitrogens with one attached hydrogen (secondary N) is 2. The van der Waals surface area contributed by atoms with Crippen molar-refractivity contribution >= 4 is 28.9 Å². The summed E-state index contributed by atoms with van der Waals surface area (Å²) < 4.78 is 27.1. The van der Waals surface area contributed by atoms with Gasteiger partial charge in [0, 0.05) is 31.7 Å². The monoisotopic (exact) mass is 455 g/mol. The Labute approximate surface area is 187 Å². The zero-order valence-corrected chi connectivity index (χ0v) is 17.2. The number of nitro groups is 1. The van der Waals surface area contributed by atoms with Crippen molar-refractivity contribution in [2.24, 2.45) is 0 Å². The van der Waals surface area contributed by atoms with Crippen molar-refractivity contribution < 1.29 is 18.5 Å². The van der Waals surface area contributed by atoms with E-state index in [4.69, 9.17) is 0 Å². The third kappa shape index (κ3) is 4.79. The highest BCUT2D eigenvalue weighted by molar-refractivity contribution is 5.95. The van der Waals surface area contributed by atoms with Crippen molar-refractivity contribution in [3.8, 4) is 0 Å². The number of rotatable bonds is 6. The summed E-state index contributed by atoms with van der Waals surface area (Å²) in [6.07, 6.45) is 1.15. The third-order valence-corrected chi connectivity index (χ3v) is 5.16. The molecule has 1 saturated heterocycles. The van der Waals surface area contributed by atoms with Crippen molar-refractivity contribution in [2.45, 2.75) is 0 Å². The summed E-state index contributed by atoms with van der Waals surface area (Å²) in [5.41, 5.74) is 5.00. The zero-order valence-electron chi connectivity index (χ0n) is 17.2. The van der Waals surface area contributed by atoms with E-state index in [0.717, 1.165) is 18.5 Å². The van der Waals surface area contributed by atoms with Gasteiger partial charge in [0.15, 0.2) is 0 Å². The molecule has 2 aromatic carbocycles. The number of hydrogen-bond acceptors (Lipinski definition) is 8. The topological polar surface area (TPSA) is 117 Å². The first-order valence-electron chi connectivity index (χ1n) is 10.00. The minimum Gasteiger partial charge on any atom is -0.366 e. The highest BCUT2D eigenvalue weighted by atomic mass is 19.1. The number of carbonyl (C=O) groups is 1. The molecule has 170 valence electrons. The molecule has 0 spiro atoms. The van der Waals surface area contributed by atoms with Crippen LogP contribution in [0.4, 0.5) is 31.8 Å². The average molecular weight is 455 g/mol. The van der Waals surface area contributed by atoms with E-state index in [2.05, 4.69) is 20.8 Å². The SMILES string of the molecule is O=C(NNc1ncnc(N2CCN(c3ccccc3F)CC2)c1[N+](=O)[O-])c1ccc(F)cc1. The van der Waals surface area contributed by atoms with Gasteiger partial charge in [-0.25, -0.2) is 18.7 Å². The lowest BCUT2D eigenvalue weighted by Crippen LogP contribution is -2.47. The fourth-order valence-electron chi connectivity index (χ4n) is 3.52. The first-order valence-corrected chi connectivity index (χ1v) is 10.00. The quantitative estimate of drug-likeness (QED) is 0.431. The largest absolute Gasteiger partial charge is 0.366 e. The Bertz CT molecular complexity index is 1170. The number of hydrazine groups is 1. The molecule has 0 radical (unpaired) electrons. The summed E-state index contributed by atoms with van der Waals surface area (Å²) in [4.78, 5) is 35.0. The molecule has 0 saturated carbocycles. The molecule has 2 N–H and O–H groups in total. The lowest BCUT2D eigenvalue weighted by Gasteiger charge is -2.36. The van der Waals surface area contributed by atoms with Crippen LogP contribution in [0.25, 0.3) is 0 Å². The summed E-state index contributed by atoms with van der Waals surface area (Å²) >= 11 is 0. The molecular weight excluding hydrogens is 436 g/mol. The predicted octanol–water partition coefficient (Wildman–Crippen LogP) is 2.75. The van der Waals surface area contributed by atoms with E-state index in [1.165, 1.54) is 18.2 Å². The number of anilines is 3. The summed E-state index contributed by atoms with van der Waals surface area (Å²) in [7, 11) is 0. The molecular formula is C21H19F2N7O3. The number of hydrogen-bond donors (Lipinski definition) is 2. The van der Waals surface area contributed by atoms with Crippen molar-refractivity contribution in [1.82, 2.24) is 15.4 Å². The Morgan fingerprint density at radius 2 is 1.64 bits per heavy atom. The van der Waals surface area contributed by atoms with Gasteiger partial charge in [0.25, 0.3) is 5.91 Å². The number of amides is 1. The van der Waals surface area contributed by atoms with Crippen LogP contribution in [0, 0.1) is 21.7 Å². The maximum atomic E-state index is 14.1. The lowest BCUT2D eigenvalue weighted by atomic mass is 10.2. The molecule has 0 aliphatic carbocycles. The number of para-hydroxylation sites is 1. The minimum atomic E-state index is -0.634. The maximum absolute atomic E-state index is 14.1. The number of carbonyl (C=O) groups excluding carboxylic acids is 1. The Hall–Kier alpha value is -4.35. The molecule has 3 aromatic rings. The number of piperazine rings is 1. The number of nitrogens with zero attached hydrogens (tertiary/aromatic N) is 5. The summed E-state index contributed by atoms with van der Waals surface area (Å²) in [6, 6.07) is 11.2. The first-order chi connectivity index (χ1) is 15.9.